The van der Waals surface area contributed by atoms with Gasteiger partial charge in [-0.3, -0.25) is 9.78 Å². The Labute approximate surface area is 145 Å². The number of anilines is 1. The van der Waals surface area contributed by atoms with Gasteiger partial charge in [-0.25, -0.2) is 0 Å². The van der Waals surface area contributed by atoms with Crippen LogP contribution < -0.4 is 5.32 Å². The lowest BCUT2D eigenvalue weighted by molar-refractivity contribution is -0.110. The van der Waals surface area contributed by atoms with Crippen LogP contribution in [0.3, 0.4) is 0 Å². The molecule has 0 bridgehead atoms. The fraction of sp³-hybridized carbons (Fsp3) is 0.150. The molecule has 3 heterocycles. The summed E-state index contributed by atoms with van der Waals surface area (Å²) in [5.74, 6) is 0.699. The molecule has 0 saturated heterocycles. The molecular weight excluding hydrogens is 314 g/mol. The first-order chi connectivity index (χ1) is 12.1. The number of carbonyl (C=O) groups excluding carboxylic acids is 1. The minimum absolute atomic E-state index is 0.0743. The Hall–Kier alpha value is -3.21. The average Bonchev–Trinajstić information content (AvgIpc) is 3.12. The number of fused-ring (bicyclic) bond motifs is 1. The zero-order chi connectivity index (χ0) is 17.4. The van der Waals surface area contributed by atoms with Crippen molar-refractivity contribution in [1.82, 2.24) is 10.1 Å². The van der Waals surface area contributed by atoms with Crippen LogP contribution in [0.25, 0.3) is 16.7 Å². The minimum Gasteiger partial charge on any atom is -0.361 e. The third-order valence-electron chi connectivity index (χ3n) is 4.39. The standard InChI is InChI=1S/C20H17N3O2/c1-12-19(13(2)25-23-12)15-6-8-18-17(10-15)16(20(24)22-18)7-5-14-4-3-9-21-11-14/h3-4,6-11H,5H2,1-2H3,(H,22,24). The van der Waals surface area contributed by atoms with Gasteiger partial charge in [0.15, 0.2) is 0 Å². The molecule has 1 aliphatic heterocycles. The summed E-state index contributed by atoms with van der Waals surface area (Å²) in [6.07, 6.45) is 6.16. The van der Waals surface area contributed by atoms with Crippen LogP contribution in [-0.4, -0.2) is 16.0 Å². The molecule has 0 atom stereocenters. The number of hydrogen-bond acceptors (Lipinski definition) is 4. The van der Waals surface area contributed by atoms with Gasteiger partial charge in [-0.15, -0.1) is 0 Å². The van der Waals surface area contributed by atoms with E-state index in [9.17, 15) is 4.79 Å². The zero-order valence-corrected chi connectivity index (χ0v) is 14.0. The Morgan fingerprint density at radius 1 is 1.24 bits per heavy atom. The molecule has 1 N–H and O–H groups in total. The highest BCUT2D eigenvalue weighted by Crippen LogP contribution is 2.37. The van der Waals surface area contributed by atoms with Crippen molar-refractivity contribution in [2.45, 2.75) is 20.3 Å². The SMILES string of the molecule is Cc1noc(C)c1-c1ccc2c(c1)C(=CCc1cccnc1)C(=O)N2. The molecule has 1 aromatic carbocycles. The molecule has 5 nitrogen and oxygen atoms in total. The zero-order valence-electron chi connectivity index (χ0n) is 14.0. The van der Waals surface area contributed by atoms with E-state index < -0.39 is 0 Å². The first kappa shape index (κ1) is 15.3. The third-order valence-corrected chi connectivity index (χ3v) is 4.39. The summed E-state index contributed by atoms with van der Waals surface area (Å²) >= 11 is 0. The number of nitrogens with one attached hydrogen (secondary N) is 1. The molecule has 0 saturated carbocycles. The Morgan fingerprint density at radius 3 is 2.84 bits per heavy atom. The normalized spacial score (nSPS) is 14.6. The van der Waals surface area contributed by atoms with E-state index in [1.54, 1.807) is 6.20 Å². The van der Waals surface area contributed by atoms with E-state index in [4.69, 9.17) is 4.52 Å². The quantitative estimate of drug-likeness (QED) is 0.738. The summed E-state index contributed by atoms with van der Waals surface area (Å²) in [5, 5.41) is 6.94. The van der Waals surface area contributed by atoms with Crippen LogP contribution in [0.1, 0.15) is 22.6 Å². The van der Waals surface area contributed by atoms with Crippen molar-refractivity contribution in [1.29, 1.82) is 0 Å². The Kier molecular flexibility index (Phi) is 3.69. The second-order valence-electron chi connectivity index (χ2n) is 6.10. The van der Waals surface area contributed by atoms with Gasteiger partial charge in [-0.2, -0.15) is 0 Å². The van der Waals surface area contributed by atoms with Gasteiger partial charge in [0.1, 0.15) is 5.76 Å². The highest BCUT2D eigenvalue weighted by molar-refractivity contribution is 6.31. The maximum Gasteiger partial charge on any atom is 0.256 e. The molecule has 0 unspecified atom stereocenters. The molecule has 1 aliphatic rings. The van der Waals surface area contributed by atoms with E-state index in [1.807, 2.05) is 56.5 Å². The van der Waals surface area contributed by atoms with Crippen LogP contribution in [0, 0.1) is 13.8 Å². The molecule has 25 heavy (non-hydrogen) atoms. The minimum atomic E-state index is -0.0743. The van der Waals surface area contributed by atoms with E-state index in [0.29, 0.717) is 12.0 Å². The summed E-state index contributed by atoms with van der Waals surface area (Å²) in [6, 6.07) is 9.83. The summed E-state index contributed by atoms with van der Waals surface area (Å²) in [5.41, 5.74) is 6.32. The number of aromatic nitrogens is 2. The van der Waals surface area contributed by atoms with Gasteiger partial charge in [0.2, 0.25) is 0 Å². The monoisotopic (exact) mass is 331 g/mol. The third kappa shape index (κ3) is 2.74. The summed E-state index contributed by atoms with van der Waals surface area (Å²) < 4.78 is 5.27. The highest BCUT2D eigenvalue weighted by atomic mass is 16.5. The van der Waals surface area contributed by atoms with E-state index in [2.05, 4.69) is 15.5 Å². The molecule has 0 aliphatic carbocycles. The van der Waals surface area contributed by atoms with E-state index in [0.717, 1.165) is 39.4 Å². The fourth-order valence-corrected chi connectivity index (χ4v) is 3.18. The van der Waals surface area contributed by atoms with Crippen LogP contribution in [0.4, 0.5) is 5.69 Å². The summed E-state index contributed by atoms with van der Waals surface area (Å²) in [7, 11) is 0. The number of benzene rings is 1. The second kappa shape index (κ2) is 6.02. The molecule has 124 valence electrons. The van der Waals surface area contributed by atoms with Crippen molar-refractivity contribution in [3.05, 3.63) is 71.4 Å². The summed E-state index contributed by atoms with van der Waals surface area (Å²) in [4.78, 5) is 16.5. The largest absolute Gasteiger partial charge is 0.361 e. The van der Waals surface area contributed by atoms with Crippen LogP contribution in [0.2, 0.25) is 0 Å². The van der Waals surface area contributed by atoms with Crippen molar-refractivity contribution in [3.63, 3.8) is 0 Å². The molecule has 2 aromatic heterocycles. The summed E-state index contributed by atoms with van der Waals surface area (Å²) in [6.45, 7) is 3.81. The van der Waals surface area contributed by atoms with Crippen molar-refractivity contribution in [2.24, 2.45) is 0 Å². The first-order valence-corrected chi connectivity index (χ1v) is 8.11. The van der Waals surface area contributed by atoms with E-state index in [1.165, 1.54) is 0 Å². The van der Waals surface area contributed by atoms with E-state index >= 15 is 0 Å². The van der Waals surface area contributed by atoms with Gasteiger partial charge >= 0.3 is 0 Å². The first-order valence-electron chi connectivity index (χ1n) is 8.11. The number of aryl methyl sites for hydroxylation is 2. The number of carbonyl (C=O) groups is 1. The number of pyridine rings is 1. The molecule has 1 amide bonds. The topological polar surface area (TPSA) is 68.0 Å². The van der Waals surface area contributed by atoms with Crippen LogP contribution in [0.5, 0.6) is 0 Å². The van der Waals surface area contributed by atoms with Gasteiger partial charge < -0.3 is 9.84 Å². The van der Waals surface area contributed by atoms with Gasteiger partial charge in [0, 0.05) is 34.8 Å². The molecule has 5 heteroatoms. The predicted molar refractivity (Wildman–Crippen MR) is 96.0 cm³/mol. The number of allylic oxidation sites excluding steroid dienone is 1. The van der Waals surface area contributed by atoms with Gasteiger partial charge in [0.25, 0.3) is 5.91 Å². The number of nitrogens with zero attached hydrogens (tertiary/aromatic N) is 2. The number of rotatable bonds is 3. The van der Waals surface area contributed by atoms with Gasteiger partial charge in [-0.1, -0.05) is 23.4 Å². The molecule has 0 fully saturated rings. The molecule has 0 spiro atoms. The molecule has 4 rings (SSSR count). The average molecular weight is 331 g/mol. The Morgan fingerprint density at radius 2 is 2.12 bits per heavy atom. The van der Waals surface area contributed by atoms with Crippen LogP contribution >= 0.6 is 0 Å². The smallest absolute Gasteiger partial charge is 0.256 e. The lowest BCUT2D eigenvalue weighted by atomic mass is 9.97. The fourth-order valence-electron chi connectivity index (χ4n) is 3.18. The molecule has 0 radical (unpaired) electrons. The van der Waals surface area contributed by atoms with Gasteiger partial charge in [-0.05, 0) is 49.6 Å². The maximum atomic E-state index is 12.4. The highest BCUT2D eigenvalue weighted by Gasteiger charge is 2.25. The van der Waals surface area contributed by atoms with Crippen molar-refractivity contribution < 1.29 is 9.32 Å². The van der Waals surface area contributed by atoms with Crippen molar-refractivity contribution in [2.75, 3.05) is 5.32 Å². The van der Waals surface area contributed by atoms with Crippen molar-refractivity contribution in [3.8, 4) is 11.1 Å². The van der Waals surface area contributed by atoms with Crippen LogP contribution in [-0.2, 0) is 11.2 Å². The lowest BCUT2D eigenvalue weighted by Gasteiger charge is -2.04. The number of amides is 1. The van der Waals surface area contributed by atoms with E-state index in [-0.39, 0.29) is 5.91 Å². The molecular formula is C20H17N3O2. The Balaban J connectivity index is 1.74. The second-order valence-corrected chi connectivity index (χ2v) is 6.10. The van der Waals surface area contributed by atoms with Crippen molar-refractivity contribution >= 4 is 17.2 Å². The lowest BCUT2D eigenvalue weighted by Crippen LogP contribution is -2.03. The van der Waals surface area contributed by atoms with Gasteiger partial charge in [0.05, 0.1) is 5.69 Å². The number of hydrogen-bond donors (Lipinski definition) is 1. The predicted octanol–water partition coefficient (Wildman–Crippen LogP) is 3.93. The van der Waals surface area contributed by atoms with Crippen LogP contribution in [0.15, 0.2) is 53.3 Å². The Bertz CT molecular complexity index is 968. The maximum absolute atomic E-state index is 12.4. The molecule has 3 aromatic rings.